The Kier molecular flexibility index (Phi) is 4.10. The fourth-order valence-corrected chi connectivity index (χ4v) is 2.71. The highest BCUT2D eigenvalue weighted by Crippen LogP contribution is 2.37. The van der Waals surface area contributed by atoms with Gasteiger partial charge in [-0.15, -0.1) is 0 Å². The van der Waals surface area contributed by atoms with Crippen molar-refractivity contribution in [1.29, 1.82) is 0 Å². The van der Waals surface area contributed by atoms with Crippen molar-refractivity contribution in [2.45, 2.75) is 38.6 Å². The molecule has 0 saturated heterocycles. The summed E-state index contributed by atoms with van der Waals surface area (Å²) >= 11 is 0. The van der Waals surface area contributed by atoms with Crippen LogP contribution >= 0.6 is 0 Å². The average molecular weight is 263 g/mol. The molecule has 2 rings (SSSR count). The average Bonchev–Trinajstić information content (AvgIpc) is 2.74. The van der Waals surface area contributed by atoms with Gasteiger partial charge in [0, 0.05) is 11.5 Å². The number of nitrogens with one attached hydrogen (secondary N) is 1. The SMILES string of the molecule is CC1(CO)CCCC1NC(=O)Cc1ccc(O)cc1. The number of hydrogen-bond acceptors (Lipinski definition) is 3. The summed E-state index contributed by atoms with van der Waals surface area (Å²) < 4.78 is 0. The number of benzene rings is 1. The Labute approximate surface area is 113 Å². The van der Waals surface area contributed by atoms with E-state index in [-0.39, 0.29) is 29.7 Å². The number of rotatable bonds is 4. The summed E-state index contributed by atoms with van der Waals surface area (Å²) in [5, 5.41) is 21.7. The van der Waals surface area contributed by atoms with Crippen molar-refractivity contribution in [2.75, 3.05) is 6.61 Å². The van der Waals surface area contributed by atoms with Gasteiger partial charge in [-0.05, 0) is 30.5 Å². The van der Waals surface area contributed by atoms with E-state index in [2.05, 4.69) is 5.32 Å². The van der Waals surface area contributed by atoms with Crippen LogP contribution in [0.3, 0.4) is 0 Å². The Morgan fingerprint density at radius 2 is 2.11 bits per heavy atom. The lowest BCUT2D eigenvalue weighted by atomic mass is 9.85. The van der Waals surface area contributed by atoms with Crippen LogP contribution < -0.4 is 5.32 Å². The number of carbonyl (C=O) groups excluding carboxylic acids is 1. The molecule has 1 aromatic carbocycles. The highest BCUT2D eigenvalue weighted by atomic mass is 16.3. The summed E-state index contributed by atoms with van der Waals surface area (Å²) in [5.74, 6) is 0.171. The van der Waals surface area contributed by atoms with E-state index in [0.29, 0.717) is 6.42 Å². The second-order valence-electron chi connectivity index (χ2n) is 5.67. The van der Waals surface area contributed by atoms with Crippen LogP contribution in [0.4, 0.5) is 0 Å². The topological polar surface area (TPSA) is 69.6 Å². The van der Waals surface area contributed by atoms with Gasteiger partial charge in [-0.3, -0.25) is 4.79 Å². The highest BCUT2D eigenvalue weighted by Gasteiger charge is 2.38. The minimum absolute atomic E-state index is 0.0303. The van der Waals surface area contributed by atoms with Gasteiger partial charge in [0.1, 0.15) is 5.75 Å². The minimum Gasteiger partial charge on any atom is -0.508 e. The molecule has 0 aromatic heterocycles. The van der Waals surface area contributed by atoms with Crippen molar-refractivity contribution in [2.24, 2.45) is 5.41 Å². The molecule has 104 valence electrons. The van der Waals surface area contributed by atoms with Crippen molar-refractivity contribution in [1.82, 2.24) is 5.32 Å². The maximum Gasteiger partial charge on any atom is 0.224 e. The van der Waals surface area contributed by atoms with Gasteiger partial charge < -0.3 is 15.5 Å². The summed E-state index contributed by atoms with van der Waals surface area (Å²) in [5.41, 5.74) is 0.684. The normalized spacial score (nSPS) is 26.3. The number of amides is 1. The molecule has 1 fully saturated rings. The molecule has 1 aliphatic rings. The Bertz CT molecular complexity index is 443. The Morgan fingerprint density at radius 1 is 1.42 bits per heavy atom. The van der Waals surface area contributed by atoms with E-state index in [1.165, 1.54) is 0 Å². The number of aromatic hydroxyl groups is 1. The summed E-state index contributed by atoms with van der Waals surface area (Å²) in [6, 6.07) is 6.71. The van der Waals surface area contributed by atoms with Crippen molar-refractivity contribution in [3.05, 3.63) is 29.8 Å². The van der Waals surface area contributed by atoms with Crippen LogP contribution in [0.2, 0.25) is 0 Å². The Balaban J connectivity index is 1.92. The van der Waals surface area contributed by atoms with Crippen LogP contribution in [0.25, 0.3) is 0 Å². The molecule has 1 saturated carbocycles. The molecular weight excluding hydrogens is 242 g/mol. The van der Waals surface area contributed by atoms with Crippen LogP contribution in [0, 0.1) is 5.41 Å². The van der Waals surface area contributed by atoms with Crippen molar-refractivity contribution in [3.8, 4) is 5.75 Å². The molecule has 0 radical (unpaired) electrons. The van der Waals surface area contributed by atoms with Crippen molar-refractivity contribution in [3.63, 3.8) is 0 Å². The number of carbonyl (C=O) groups is 1. The van der Waals surface area contributed by atoms with Gasteiger partial charge >= 0.3 is 0 Å². The zero-order chi connectivity index (χ0) is 13.9. The first kappa shape index (κ1) is 13.9. The monoisotopic (exact) mass is 263 g/mol. The summed E-state index contributed by atoms with van der Waals surface area (Å²) in [6.07, 6.45) is 3.23. The Hall–Kier alpha value is -1.55. The molecule has 4 heteroatoms. The van der Waals surface area contributed by atoms with Gasteiger partial charge in [0.2, 0.25) is 5.91 Å². The fourth-order valence-electron chi connectivity index (χ4n) is 2.71. The van der Waals surface area contributed by atoms with E-state index in [1.54, 1.807) is 24.3 Å². The zero-order valence-electron chi connectivity index (χ0n) is 11.2. The maximum absolute atomic E-state index is 12.0. The lowest BCUT2D eigenvalue weighted by molar-refractivity contribution is -0.122. The minimum atomic E-state index is -0.190. The van der Waals surface area contributed by atoms with Gasteiger partial charge in [0.15, 0.2) is 0 Å². The van der Waals surface area contributed by atoms with Gasteiger partial charge in [-0.25, -0.2) is 0 Å². The van der Waals surface area contributed by atoms with Crippen LogP contribution in [0.5, 0.6) is 5.75 Å². The second kappa shape index (κ2) is 5.61. The number of aliphatic hydroxyl groups excluding tert-OH is 1. The lowest BCUT2D eigenvalue weighted by Gasteiger charge is -2.30. The molecule has 1 aliphatic carbocycles. The number of phenolic OH excluding ortho intramolecular Hbond substituents is 1. The van der Waals surface area contributed by atoms with Crippen LogP contribution in [0.15, 0.2) is 24.3 Å². The molecule has 2 atom stereocenters. The Morgan fingerprint density at radius 3 is 2.74 bits per heavy atom. The number of aliphatic hydroxyl groups is 1. The molecule has 0 bridgehead atoms. The first-order chi connectivity index (χ1) is 9.03. The molecule has 1 amide bonds. The van der Waals surface area contributed by atoms with Gasteiger partial charge in [-0.1, -0.05) is 25.5 Å². The third-order valence-corrected chi connectivity index (χ3v) is 4.08. The molecule has 0 aliphatic heterocycles. The van der Waals surface area contributed by atoms with E-state index in [9.17, 15) is 15.0 Å². The van der Waals surface area contributed by atoms with Crippen LogP contribution in [0.1, 0.15) is 31.7 Å². The standard InChI is InChI=1S/C15H21NO3/c1-15(10-17)8-2-3-13(15)16-14(19)9-11-4-6-12(18)7-5-11/h4-7,13,17-18H,2-3,8-10H2,1H3,(H,16,19). The van der Waals surface area contributed by atoms with E-state index in [1.807, 2.05) is 6.92 Å². The molecule has 19 heavy (non-hydrogen) atoms. The third kappa shape index (κ3) is 3.26. The predicted molar refractivity (Wildman–Crippen MR) is 72.8 cm³/mol. The van der Waals surface area contributed by atoms with Crippen molar-refractivity contribution < 1.29 is 15.0 Å². The van der Waals surface area contributed by atoms with E-state index in [4.69, 9.17) is 0 Å². The molecule has 0 spiro atoms. The predicted octanol–water partition coefficient (Wildman–Crippen LogP) is 1.60. The molecule has 1 aromatic rings. The first-order valence-electron chi connectivity index (χ1n) is 6.72. The van der Waals surface area contributed by atoms with Gasteiger partial charge in [0.05, 0.1) is 13.0 Å². The summed E-state index contributed by atoms with van der Waals surface area (Å²) in [7, 11) is 0. The van der Waals surface area contributed by atoms with Gasteiger partial charge in [-0.2, -0.15) is 0 Å². The smallest absolute Gasteiger partial charge is 0.224 e. The highest BCUT2D eigenvalue weighted by molar-refractivity contribution is 5.79. The molecular formula is C15H21NO3. The van der Waals surface area contributed by atoms with Crippen LogP contribution in [-0.2, 0) is 11.2 Å². The lowest BCUT2D eigenvalue weighted by Crippen LogP contribution is -2.45. The zero-order valence-corrected chi connectivity index (χ0v) is 11.2. The molecule has 4 nitrogen and oxygen atoms in total. The maximum atomic E-state index is 12.0. The fraction of sp³-hybridized carbons (Fsp3) is 0.533. The third-order valence-electron chi connectivity index (χ3n) is 4.08. The summed E-state index contributed by atoms with van der Waals surface area (Å²) in [4.78, 5) is 12.0. The second-order valence-corrected chi connectivity index (χ2v) is 5.67. The van der Waals surface area contributed by atoms with Crippen molar-refractivity contribution >= 4 is 5.91 Å². The number of phenols is 1. The van der Waals surface area contributed by atoms with E-state index < -0.39 is 0 Å². The van der Waals surface area contributed by atoms with Crippen LogP contribution in [-0.4, -0.2) is 28.8 Å². The quantitative estimate of drug-likeness (QED) is 0.773. The van der Waals surface area contributed by atoms with E-state index in [0.717, 1.165) is 24.8 Å². The number of hydrogen-bond donors (Lipinski definition) is 3. The largest absolute Gasteiger partial charge is 0.508 e. The molecule has 3 N–H and O–H groups in total. The van der Waals surface area contributed by atoms with Gasteiger partial charge in [0.25, 0.3) is 0 Å². The molecule has 0 heterocycles. The first-order valence-corrected chi connectivity index (χ1v) is 6.72. The molecule has 2 unspecified atom stereocenters. The van der Waals surface area contributed by atoms with E-state index >= 15 is 0 Å². The summed E-state index contributed by atoms with van der Waals surface area (Å²) in [6.45, 7) is 2.13.